The molecular weight excluding hydrogens is 238 g/mol. The first kappa shape index (κ1) is 14.2. The lowest BCUT2D eigenvalue weighted by Crippen LogP contribution is -2.41. The molecule has 3 nitrogen and oxygen atoms in total. The van der Waals surface area contributed by atoms with Crippen molar-refractivity contribution in [3.05, 3.63) is 23.8 Å². The molecule has 3 heteroatoms. The Kier molecular flexibility index (Phi) is 3.77. The molecule has 0 atom stereocenters. The Bertz CT molecular complexity index is 447. The predicted molar refractivity (Wildman–Crippen MR) is 77.6 cm³/mol. The molecule has 106 valence electrons. The van der Waals surface area contributed by atoms with Crippen LogP contribution >= 0.6 is 0 Å². The standard InChI is InChI=1S/C16H25NO2/c1-15(2,3)10-16(4,5)17-9-12-7-6-8-13-14(12)19-11-18-13/h6-8,17H,9-11H2,1-5H3. The van der Waals surface area contributed by atoms with E-state index in [9.17, 15) is 0 Å². The van der Waals surface area contributed by atoms with Gasteiger partial charge in [0.05, 0.1) is 0 Å². The summed E-state index contributed by atoms with van der Waals surface area (Å²) in [7, 11) is 0. The summed E-state index contributed by atoms with van der Waals surface area (Å²) in [5, 5.41) is 3.63. The first-order chi connectivity index (χ1) is 8.77. The lowest BCUT2D eigenvalue weighted by molar-refractivity contribution is 0.172. The molecule has 0 amide bonds. The summed E-state index contributed by atoms with van der Waals surface area (Å²) >= 11 is 0. The molecule has 1 aliphatic rings. The largest absolute Gasteiger partial charge is 0.454 e. The van der Waals surface area contributed by atoms with Gasteiger partial charge in [-0.25, -0.2) is 0 Å². The summed E-state index contributed by atoms with van der Waals surface area (Å²) in [6.45, 7) is 12.4. The predicted octanol–water partition coefficient (Wildman–Crippen LogP) is 3.72. The molecule has 1 N–H and O–H groups in total. The second-order valence-electron chi connectivity index (χ2n) is 7.13. The molecule has 1 aromatic carbocycles. The van der Waals surface area contributed by atoms with Crippen LogP contribution in [0.1, 0.15) is 46.6 Å². The van der Waals surface area contributed by atoms with E-state index in [1.807, 2.05) is 12.1 Å². The fourth-order valence-corrected chi connectivity index (χ4v) is 2.85. The number of hydrogen-bond acceptors (Lipinski definition) is 3. The van der Waals surface area contributed by atoms with E-state index >= 15 is 0 Å². The first-order valence-electron chi connectivity index (χ1n) is 6.89. The summed E-state index contributed by atoms with van der Waals surface area (Å²) in [6, 6.07) is 6.06. The molecule has 1 aromatic rings. The second kappa shape index (κ2) is 5.04. The van der Waals surface area contributed by atoms with Crippen LogP contribution in [0.3, 0.4) is 0 Å². The fraction of sp³-hybridized carbons (Fsp3) is 0.625. The average molecular weight is 263 g/mol. The van der Waals surface area contributed by atoms with E-state index in [4.69, 9.17) is 9.47 Å². The molecule has 19 heavy (non-hydrogen) atoms. The van der Waals surface area contributed by atoms with Crippen molar-refractivity contribution >= 4 is 0 Å². The smallest absolute Gasteiger partial charge is 0.231 e. The van der Waals surface area contributed by atoms with Crippen molar-refractivity contribution < 1.29 is 9.47 Å². The number of hydrogen-bond donors (Lipinski definition) is 1. The van der Waals surface area contributed by atoms with E-state index in [0.29, 0.717) is 12.2 Å². The molecule has 0 aromatic heterocycles. The summed E-state index contributed by atoms with van der Waals surface area (Å²) in [4.78, 5) is 0. The van der Waals surface area contributed by atoms with E-state index in [0.717, 1.165) is 30.0 Å². The van der Waals surface area contributed by atoms with Gasteiger partial charge in [0.2, 0.25) is 6.79 Å². The van der Waals surface area contributed by atoms with Crippen LogP contribution in [0.4, 0.5) is 0 Å². The molecule has 0 unspecified atom stereocenters. The van der Waals surface area contributed by atoms with Crippen LogP contribution in [-0.4, -0.2) is 12.3 Å². The van der Waals surface area contributed by atoms with Crippen LogP contribution in [-0.2, 0) is 6.54 Å². The lowest BCUT2D eigenvalue weighted by atomic mass is 9.82. The molecule has 0 saturated heterocycles. The molecule has 0 bridgehead atoms. The Morgan fingerprint density at radius 2 is 1.84 bits per heavy atom. The Morgan fingerprint density at radius 1 is 1.11 bits per heavy atom. The van der Waals surface area contributed by atoms with Gasteiger partial charge >= 0.3 is 0 Å². The molecule has 0 fully saturated rings. The van der Waals surface area contributed by atoms with Gasteiger partial charge in [-0.2, -0.15) is 0 Å². The van der Waals surface area contributed by atoms with Crippen LogP contribution in [0.5, 0.6) is 11.5 Å². The van der Waals surface area contributed by atoms with Crippen molar-refractivity contribution in [3.63, 3.8) is 0 Å². The number of ether oxygens (including phenoxy) is 2. The Morgan fingerprint density at radius 3 is 2.53 bits per heavy atom. The highest BCUT2D eigenvalue weighted by molar-refractivity contribution is 5.48. The molecule has 0 radical (unpaired) electrons. The summed E-state index contributed by atoms with van der Waals surface area (Å²) in [5.41, 5.74) is 1.58. The van der Waals surface area contributed by atoms with Crippen molar-refractivity contribution in [1.29, 1.82) is 0 Å². The van der Waals surface area contributed by atoms with Crippen molar-refractivity contribution in [2.24, 2.45) is 5.41 Å². The highest BCUT2D eigenvalue weighted by atomic mass is 16.7. The minimum Gasteiger partial charge on any atom is -0.454 e. The third-order valence-corrected chi connectivity index (χ3v) is 3.21. The van der Waals surface area contributed by atoms with Crippen LogP contribution in [0, 0.1) is 5.41 Å². The molecule has 2 rings (SSSR count). The maximum Gasteiger partial charge on any atom is 0.231 e. The van der Waals surface area contributed by atoms with Gasteiger partial charge < -0.3 is 14.8 Å². The van der Waals surface area contributed by atoms with Crippen LogP contribution < -0.4 is 14.8 Å². The Balaban J connectivity index is 2.01. The highest BCUT2D eigenvalue weighted by Gasteiger charge is 2.26. The molecule has 1 aliphatic heterocycles. The van der Waals surface area contributed by atoms with E-state index in [1.165, 1.54) is 0 Å². The summed E-state index contributed by atoms with van der Waals surface area (Å²) in [5.74, 6) is 1.74. The third kappa shape index (κ3) is 3.87. The maximum absolute atomic E-state index is 5.53. The normalized spacial score (nSPS) is 14.8. The van der Waals surface area contributed by atoms with Gasteiger partial charge in [-0.05, 0) is 31.7 Å². The van der Waals surface area contributed by atoms with E-state index in [-0.39, 0.29) is 5.54 Å². The zero-order chi connectivity index (χ0) is 14.1. The van der Waals surface area contributed by atoms with Crippen LogP contribution in [0.15, 0.2) is 18.2 Å². The van der Waals surface area contributed by atoms with Gasteiger partial charge in [0.15, 0.2) is 11.5 Å². The SMILES string of the molecule is CC(C)(C)CC(C)(C)NCc1cccc2c1OCO2. The zero-order valence-electron chi connectivity index (χ0n) is 12.7. The van der Waals surface area contributed by atoms with Crippen molar-refractivity contribution in [2.75, 3.05) is 6.79 Å². The van der Waals surface area contributed by atoms with E-state index < -0.39 is 0 Å². The zero-order valence-corrected chi connectivity index (χ0v) is 12.7. The van der Waals surface area contributed by atoms with E-state index in [1.54, 1.807) is 0 Å². The number of fused-ring (bicyclic) bond motifs is 1. The Labute approximate surface area is 116 Å². The third-order valence-electron chi connectivity index (χ3n) is 3.21. The van der Waals surface area contributed by atoms with Gasteiger partial charge in [-0.3, -0.25) is 0 Å². The van der Waals surface area contributed by atoms with Gasteiger partial charge in [0.25, 0.3) is 0 Å². The summed E-state index contributed by atoms with van der Waals surface area (Å²) < 4.78 is 10.9. The fourth-order valence-electron chi connectivity index (χ4n) is 2.85. The highest BCUT2D eigenvalue weighted by Crippen LogP contribution is 2.35. The number of para-hydroxylation sites is 1. The number of rotatable bonds is 4. The molecule has 0 saturated carbocycles. The van der Waals surface area contributed by atoms with Crippen LogP contribution in [0.2, 0.25) is 0 Å². The molecular formula is C16H25NO2. The topological polar surface area (TPSA) is 30.5 Å². The summed E-state index contributed by atoms with van der Waals surface area (Å²) in [6.07, 6.45) is 1.12. The monoisotopic (exact) mass is 263 g/mol. The molecule has 1 heterocycles. The van der Waals surface area contributed by atoms with Gasteiger partial charge in [-0.15, -0.1) is 0 Å². The quantitative estimate of drug-likeness (QED) is 0.898. The molecule has 0 aliphatic carbocycles. The number of nitrogens with one attached hydrogen (secondary N) is 1. The lowest BCUT2D eigenvalue weighted by Gasteiger charge is -2.33. The van der Waals surface area contributed by atoms with E-state index in [2.05, 4.69) is 46.0 Å². The van der Waals surface area contributed by atoms with Crippen molar-refractivity contribution in [1.82, 2.24) is 5.32 Å². The minimum absolute atomic E-state index is 0.0977. The maximum atomic E-state index is 5.53. The van der Waals surface area contributed by atoms with Crippen molar-refractivity contribution in [2.45, 2.75) is 53.1 Å². The van der Waals surface area contributed by atoms with Gasteiger partial charge in [0.1, 0.15) is 0 Å². The molecule has 0 spiro atoms. The second-order valence-corrected chi connectivity index (χ2v) is 7.13. The first-order valence-corrected chi connectivity index (χ1v) is 6.89. The van der Waals surface area contributed by atoms with Gasteiger partial charge in [0, 0.05) is 17.6 Å². The van der Waals surface area contributed by atoms with Gasteiger partial charge in [-0.1, -0.05) is 32.9 Å². The van der Waals surface area contributed by atoms with Crippen molar-refractivity contribution in [3.8, 4) is 11.5 Å². The average Bonchev–Trinajstić information content (AvgIpc) is 2.71. The Hall–Kier alpha value is -1.22. The number of benzene rings is 1. The van der Waals surface area contributed by atoms with Crippen LogP contribution in [0.25, 0.3) is 0 Å². The minimum atomic E-state index is 0.0977.